The van der Waals surface area contributed by atoms with Crippen LogP contribution < -0.4 is 14.3 Å². The smallest absolute Gasteiger partial charge is 0.337 e. The summed E-state index contributed by atoms with van der Waals surface area (Å²) < 4.78 is 64.9. The minimum absolute atomic E-state index is 0.0494. The second-order valence-electron chi connectivity index (χ2n) is 15.3. The first-order chi connectivity index (χ1) is 28.6. The lowest BCUT2D eigenvalue weighted by Gasteiger charge is -2.38. The summed E-state index contributed by atoms with van der Waals surface area (Å²) in [6.07, 6.45) is 0. The molecule has 2 aliphatic rings. The van der Waals surface area contributed by atoms with Crippen LogP contribution in [-0.4, -0.2) is 125 Å². The number of piperazine rings is 2. The zero-order valence-corrected chi connectivity index (χ0v) is 36.9. The first kappa shape index (κ1) is 46.4. The minimum Gasteiger partial charge on any atom is -0.465 e. The van der Waals surface area contributed by atoms with Gasteiger partial charge >= 0.3 is 26.4 Å². The number of nitrogens with zero attached hydrogens (tertiary/aromatic N) is 6. The van der Waals surface area contributed by atoms with Crippen molar-refractivity contribution in [3.8, 4) is 0 Å². The molecule has 4 aromatic rings. The average molecular weight is 862 g/mol. The van der Waals surface area contributed by atoms with Crippen LogP contribution in [0.1, 0.15) is 59.5 Å². The van der Waals surface area contributed by atoms with Crippen molar-refractivity contribution in [1.29, 1.82) is 0 Å². The molecule has 324 valence electrons. The molecule has 2 heterocycles. The van der Waals surface area contributed by atoms with E-state index < -0.39 is 26.4 Å². The van der Waals surface area contributed by atoms with Gasteiger partial charge in [-0.05, 0) is 75.2 Å². The van der Waals surface area contributed by atoms with E-state index in [4.69, 9.17) is 10.5 Å². The highest BCUT2D eigenvalue weighted by atomic mass is 32.2. The van der Waals surface area contributed by atoms with E-state index in [9.17, 15) is 26.4 Å². The molecule has 2 saturated heterocycles. The number of rotatable bonds is 15. The highest BCUT2D eigenvalue weighted by Crippen LogP contribution is 2.26. The monoisotopic (exact) mass is 861 g/mol. The van der Waals surface area contributed by atoms with Crippen molar-refractivity contribution < 1.29 is 31.2 Å². The number of carbonyl (C=O) groups is 2. The number of hydrogen-bond acceptors (Lipinski definition) is 10. The van der Waals surface area contributed by atoms with Gasteiger partial charge in [0.2, 0.25) is 0 Å². The molecule has 2 aliphatic heterocycles. The molecule has 0 atom stereocenters. The molecule has 14 nitrogen and oxygen atoms in total. The molecular weight excluding hydrogens is 803 g/mol. The molecule has 2 N–H and O–H groups in total. The number of esters is 1. The Hall–Kier alpha value is -4.68. The van der Waals surface area contributed by atoms with Crippen LogP contribution in [0.3, 0.4) is 0 Å². The van der Waals surface area contributed by atoms with Crippen molar-refractivity contribution in [3.05, 3.63) is 131 Å². The lowest BCUT2D eigenvalue weighted by atomic mass is 10.1. The number of ether oxygens (including phenoxy) is 1. The molecular formula is C44H59N7O7S2. The second kappa shape index (κ2) is 21.2. The molecule has 2 fully saturated rings. The predicted octanol–water partition coefficient (Wildman–Crippen LogP) is 4.86. The second-order valence-corrected chi connectivity index (χ2v) is 19.0. The average Bonchev–Trinajstić information content (AvgIpc) is 3.28. The number of Topliss-reactive ketones (excluding diaryl/α,β-unsaturated/α-hetero) is 1. The normalized spacial score (nSPS) is 15.9. The van der Waals surface area contributed by atoms with Crippen molar-refractivity contribution in [2.75, 3.05) is 74.6 Å². The van der Waals surface area contributed by atoms with Gasteiger partial charge in [-0.1, -0.05) is 72.8 Å². The fourth-order valence-electron chi connectivity index (χ4n) is 7.09. The van der Waals surface area contributed by atoms with Crippen molar-refractivity contribution in [2.45, 2.75) is 52.9 Å². The molecule has 0 amide bonds. The topological polar surface area (TPSA) is 157 Å². The van der Waals surface area contributed by atoms with Crippen LogP contribution in [0, 0.1) is 0 Å². The number of nitrogens with two attached hydrogens (primary N) is 1. The standard InChI is InChI=1S/C22H30N4O3S.C22H29N3O4S/c1-18(2)24-12-14-25(15-13-24)30(28,29)26(21-6-4-3-5-7-21)17-19-8-10-20(11-9-19)22(27)16-23;1-18(2)23-13-15-24(16-14-23)30(27,28)25(21-7-5-4-6-8-21)17-19-9-11-20(12-10-19)22(26)29-3/h3-11,18H,12-17,23H2,1-2H3;4-12,18H,13-17H2,1-3H3. The van der Waals surface area contributed by atoms with Crippen molar-refractivity contribution >= 4 is 43.5 Å². The number of benzene rings is 4. The van der Waals surface area contributed by atoms with Crippen LogP contribution in [0.2, 0.25) is 0 Å². The number of para-hydroxylation sites is 2. The first-order valence-corrected chi connectivity index (χ1v) is 23.1. The molecule has 4 aromatic carbocycles. The van der Waals surface area contributed by atoms with Crippen molar-refractivity contribution in [1.82, 2.24) is 18.4 Å². The first-order valence-electron chi connectivity index (χ1n) is 20.3. The third kappa shape index (κ3) is 11.8. The summed E-state index contributed by atoms with van der Waals surface area (Å²) in [7, 11) is -6.08. The van der Waals surface area contributed by atoms with Gasteiger partial charge in [-0.15, -0.1) is 0 Å². The maximum Gasteiger partial charge on any atom is 0.337 e. The third-order valence-corrected chi connectivity index (χ3v) is 14.6. The minimum atomic E-state index is -3.71. The largest absolute Gasteiger partial charge is 0.465 e. The van der Waals surface area contributed by atoms with E-state index in [-0.39, 0.29) is 25.4 Å². The van der Waals surface area contributed by atoms with Crippen LogP contribution in [0.15, 0.2) is 109 Å². The fourth-order valence-corrected chi connectivity index (χ4v) is 10.3. The molecule has 0 spiro atoms. The quantitative estimate of drug-likeness (QED) is 0.130. The molecule has 16 heteroatoms. The highest BCUT2D eigenvalue weighted by Gasteiger charge is 2.35. The van der Waals surface area contributed by atoms with Gasteiger partial charge in [-0.25, -0.2) is 4.79 Å². The van der Waals surface area contributed by atoms with Gasteiger partial charge in [-0.2, -0.15) is 25.4 Å². The predicted molar refractivity (Wildman–Crippen MR) is 237 cm³/mol. The zero-order chi connectivity index (χ0) is 43.5. The summed E-state index contributed by atoms with van der Waals surface area (Å²) in [6, 6.07) is 32.8. The van der Waals surface area contributed by atoms with Gasteiger partial charge in [0, 0.05) is 70.0 Å². The Morgan fingerprint density at radius 3 is 1.23 bits per heavy atom. The van der Waals surface area contributed by atoms with Crippen LogP contribution >= 0.6 is 0 Å². The van der Waals surface area contributed by atoms with Gasteiger partial charge < -0.3 is 10.5 Å². The molecule has 0 bridgehead atoms. The van der Waals surface area contributed by atoms with Crippen molar-refractivity contribution in [2.24, 2.45) is 5.73 Å². The van der Waals surface area contributed by atoms with Crippen LogP contribution in [0.4, 0.5) is 11.4 Å². The maximum atomic E-state index is 13.6. The van der Waals surface area contributed by atoms with Gasteiger partial charge in [0.25, 0.3) is 0 Å². The van der Waals surface area contributed by atoms with E-state index >= 15 is 0 Å². The molecule has 0 radical (unpaired) electrons. The summed E-state index contributed by atoms with van der Waals surface area (Å²) in [5, 5.41) is 0. The zero-order valence-electron chi connectivity index (χ0n) is 35.3. The fraction of sp³-hybridized carbons (Fsp3) is 0.409. The summed E-state index contributed by atoms with van der Waals surface area (Å²) in [5.41, 5.74) is 9.20. The summed E-state index contributed by atoms with van der Waals surface area (Å²) >= 11 is 0. The van der Waals surface area contributed by atoms with Gasteiger partial charge in [0.15, 0.2) is 5.78 Å². The Balaban J connectivity index is 0.000000228. The van der Waals surface area contributed by atoms with E-state index in [2.05, 4.69) is 37.5 Å². The lowest BCUT2D eigenvalue weighted by molar-refractivity contribution is 0.0600. The molecule has 0 aliphatic carbocycles. The van der Waals surface area contributed by atoms with E-state index in [0.29, 0.717) is 73.9 Å². The Kier molecular flexibility index (Phi) is 16.4. The SMILES string of the molecule is CC(C)N1CCN(S(=O)(=O)N(Cc2ccc(C(=O)CN)cc2)c2ccccc2)CC1.COC(=O)c1ccc(CN(c2ccccc2)S(=O)(=O)N2CCN(C(C)C)CC2)cc1. The van der Waals surface area contributed by atoms with Crippen LogP contribution in [0.25, 0.3) is 0 Å². The number of ketones is 1. The van der Waals surface area contributed by atoms with E-state index in [0.717, 1.165) is 24.2 Å². The van der Waals surface area contributed by atoms with Gasteiger partial charge in [0.05, 0.1) is 43.7 Å². The summed E-state index contributed by atoms with van der Waals surface area (Å²) in [6.45, 7) is 13.5. The number of hydrogen-bond donors (Lipinski definition) is 1. The molecule has 0 aromatic heterocycles. The molecule has 60 heavy (non-hydrogen) atoms. The Bertz CT molecular complexity index is 2040. The summed E-state index contributed by atoms with van der Waals surface area (Å²) in [4.78, 5) is 28.0. The van der Waals surface area contributed by atoms with E-state index in [1.54, 1.807) is 81.4 Å². The number of anilines is 2. The summed E-state index contributed by atoms with van der Waals surface area (Å²) in [5.74, 6) is -0.561. The van der Waals surface area contributed by atoms with Crippen LogP contribution in [0.5, 0.6) is 0 Å². The molecule has 0 unspecified atom stereocenters. The molecule has 6 rings (SSSR count). The van der Waals surface area contributed by atoms with Gasteiger partial charge in [0.1, 0.15) is 0 Å². The van der Waals surface area contributed by atoms with E-state index in [1.807, 2.05) is 36.4 Å². The van der Waals surface area contributed by atoms with Gasteiger partial charge in [-0.3, -0.25) is 23.2 Å². The maximum absolute atomic E-state index is 13.6. The Morgan fingerprint density at radius 2 is 0.917 bits per heavy atom. The highest BCUT2D eigenvalue weighted by molar-refractivity contribution is 7.90. The van der Waals surface area contributed by atoms with E-state index in [1.165, 1.54) is 15.7 Å². The number of carbonyl (C=O) groups excluding carboxylic acids is 2. The lowest BCUT2D eigenvalue weighted by Crippen LogP contribution is -2.54. The number of methoxy groups -OCH3 is 1. The third-order valence-electron chi connectivity index (χ3n) is 10.8. The Morgan fingerprint density at radius 1 is 0.567 bits per heavy atom. The van der Waals surface area contributed by atoms with Crippen LogP contribution in [-0.2, 0) is 38.2 Å². The van der Waals surface area contributed by atoms with Crippen molar-refractivity contribution in [3.63, 3.8) is 0 Å². The molecule has 0 saturated carbocycles. The Labute approximate surface area is 356 Å².